The summed E-state index contributed by atoms with van der Waals surface area (Å²) in [6.45, 7) is 1.78. The maximum Gasteiger partial charge on any atom is 0.332 e. The van der Waals surface area contributed by atoms with Crippen molar-refractivity contribution in [3.63, 3.8) is 0 Å². The standard InChI is InChI=1S/C20H15BrCl2N2O3/c1-11(12-2-4-13(21)5-3-12)20-9-17(26)10-24(20)19(28)25(18(20)27)16-7-14(22)6-15(23)8-16/h2-8,11H,9-10H2,1H3/t11-,20+/m0/s1. The Morgan fingerprint density at radius 2 is 1.64 bits per heavy atom. The van der Waals surface area contributed by atoms with E-state index in [1.807, 2.05) is 31.2 Å². The molecule has 3 amide bonds. The molecular formula is C20H15BrCl2N2O3. The summed E-state index contributed by atoms with van der Waals surface area (Å²) in [6, 6.07) is 11.6. The first-order chi connectivity index (χ1) is 13.2. The smallest absolute Gasteiger partial charge is 0.301 e. The highest BCUT2D eigenvalue weighted by Crippen LogP contribution is 2.47. The van der Waals surface area contributed by atoms with Crippen molar-refractivity contribution in [1.82, 2.24) is 4.90 Å². The van der Waals surface area contributed by atoms with E-state index >= 15 is 0 Å². The summed E-state index contributed by atoms with van der Waals surface area (Å²) in [5.41, 5.74) is -0.0803. The third kappa shape index (κ3) is 2.86. The van der Waals surface area contributed by atoms with Crippen LogP contribution in [0.2, 0.25) is 10.0 Å². The molecule has 0 N–H and O–H groups in total. The first-order valence-corrected chi connectivity index (χ1v) is 10.2. The minimum Gasteiger partial charge on any atom is -0.301 e. The summed E-state index contributed by atoms with van der Waals surface area (Å²) in [5.74, 6) is -0.935. The number of anilines is 1. The van der Waals surface area contributed by atoms with Gasteiger partial charge in [-0.1, -0.05) is 58.2 Å². The van der Waals surface area contributed by atoms with Crippen LogP contribution >= 0.6 is 39.1 Å². The Morgan fingerprint density at radius 3 is 2.25 bits per heavy atom. The van der Waals surface area contributed by atoms with Crippen LogP contribution in [0, 0.1) is 0 Å². The van der Waals surface area contributed by atoms with Gasteiger partial charge in [-0.15, -0.1) is 0 Å². The van der Waals surface area contributed by atoms with Crippen molar-refractivity contribution >= 4 is 62.5 Å². The van der Waals surface area contributed by atoms with Gasteiger partial charge in [0.05, 0.1) is 12.2 Å². The lowest BCUT2D eigenvalue weighted by Crippen LogP contribution is -2.49. The molecular weight excluding hydrogens is 467 g/mol. The maximum atomic E-state index is 13.6. The predicted octanol–water partition coefficient (Wildman–Crippen LogP) is 5.04. The van der Waals surface area contributed by atoms with Gasteiger partial charge in [0.15, 0.2) is 5.78 Å². The molecule has 8 heteroatoms. The SMILES string of the molecule is C[C@@H](c1ccc(Br)cc1)[C@@]12CC(=O)CN1C(=O)N(c1cc(Cl)cc(Cl)c1)C2=O. The van der Waals surface area contributed by atoms with E-state index in [1.165, 1.54) is 23.1 Å². The fourth-order valence-corrected chi connectivity index (χ4v) is 4.87. The third-order valence-corrected chi connectivity index (χ3v) is 6.44. The highest BCUT2D eigenvalue weighted by atomic mass is 79.9. The monoisotopic (exact) mass is 480 g/mol. The first kappa shape index (κ1) is 19.4. The highest BCUT2D eigenvalue weighted by Gasteiger charge is 2.65. The van der Waals surface area contributed by atoms with E-state index in [0.717, 1.165) is 14.9 Å². The molecule has 0 unspecified atom stereocenters. The van der Waals surface area contributed by atoms with Crippen LogP contribution in [0.3, 0.4) is 0 Å². The van der Waals surface area contributed by atoms with E-state index < -0.39 is 17.5 Å². The number of benzene rings is 2. The Kier molecular flexibility index (Phi) is 4.76. The molecule has 0 radical (unpaired) electrons. The Balaban J connectivity index is 1.82. The number of hydrogen-bond acceptors (Lipinski definition) is 3. The van der Waals surface area contributed by atoms with Crippen LogP contribution in [0.15, 0.2) is 46.9 Å². The molecule has 28 heavy (non-hydrogen) atoms. The molecule has 2 aromatic rings. The number of nitrogens with zero attached hydrogens (tertiary/aromatic N) is 2. The molecule has 0 saturated carbocycles. The highest BCUT2D eigenvalue weighted by molar-refractivity contribution is 9.10. The Bertz CT molecular complexity index is 991. The molecule has 0 aromatic heterocycles. The van der Waals surface area contributed by atoms with E-state index in [0.29, 0.717) is 15.7 Å². The molecule has 2 aliphatic rings. The molecule has 2 aliphatic heterocycles. The van der Waals surface area contributed by atoms with Crippen molar-refractivity contribution in [3.8, 4) is 0 Å². The van der Waals surface area contributed by atoms with E-state index in [4.69, 9.17) is 23.2 Å². The van der Waals surface area contributed by atoms with Crippen molar-refractivity contribution in [3.05, 3.63) is 62.5 Å². The van der Waals surface area contributed by atoms with E-state index in [1.54, 1.807) is 0 Å². The quantitative estimate of drug-likeness (QED) is 0.577. The lowest BCUT2D eigenvalue weighted by Gasteiger charge is -2.34. The molecule has 0 spiro atoms. The summed E-state index contributed by atoms with van der Waals surface area (Å²) in [5, 5.41) is 0.641. The van der Waals surface area contributed by atoms with Gasteiger partial charge >= 0.3 is 6.03 Å². The number of halogens is 3. The molecule has 2 saturated heterocycles. The Morgan fingerprint density at radius 1 is 1.04 bits per heavy atom. The van der Waals surface area contributed by atoms with Crippen LogP contribution in [-0.4, -0.2) is 34.7 Å². The average Bonchev–Trinajstić information content (AvgIpc) is 3.08. The molecule has 2 aromatic carbocycles. The van der Waals surface area contributed by atoms with E-state index in [2.05, 4.69) is 15.9 Å². The minimum absolute atomic E-state index is 0.0143. The number of fused-ring (bicyclic) bond motifs is 1. The molecule has 5 nitrogen and oxygen atoms in total. The number of carbonyl (C=O) groups is 3. The van der Waals surface area contributed by atoms with Gasteiger partial charge in [0.1, 0.15) is 5.54 Å². The van der Waals surface area contributed by atoms with Gasteiger partial charge in [-0.05, 0) is 35.9 Å². The van der Waals surface area contributed by atoms with Crippen molar-refractivity contribution in [1.29, 1.82) is 0 Å². The molecule has 2 atom stereocenters. The van der Waals surface area contributed by atoms with Gasteiger partial charge in [-0.2, -0.15) is 0 Å². The number of ketones is 1. The van der Waals surface area contributed by atoms with Crippen LogP contribution in [0.4, 0.5) is 10.5 Å². The molecule has 2 fully saturated rings. The predicted molar refractivity (Wildman–Crippen MR) is 111 cm³/mol. The van der Waals surface area contributed by atoms with Crippen molar-refractivity contribution in [2.75, 3.05) is 11.4 Å². The zero-order valence-corrected chi connectivity index (χ0v) is 17.9. The average molecular weight is 482 g/mol. The zero-order chi connectivity index (χ0) is 20.2. The van der Waals surface area contributed by atoms with Crippen molar-refractivity contribution in [2.24, 2.45) is 0 Å². The minimum atomic E-state index is -1.25. The summed E-state index contributed by atoms with van der Waals surface area (Å²) >= 11 is 15.5. The third-order valence-electron chi connectivity index (χ3n) is 5.47. The topological polar surface area (TPSA) is 57.7 Å². The lowest BCUT2D eigenvalue weighted by atomic mass is 9.78. The van der Waals surface area contributed by atoms with E-state index in [9.17, 15) is 14.4 Å². The van der Waals surface area contributed by atoms with Gasteiger partial charge in [0, 0.05) is 26.9 Å². The molecule has 2 heterocycles. The van der Waals surface area contributed by atoms with Gasteiger partial charge in [0.2, 0.25) is 0 Å². The number of carbonyl (C=O) groups excluding carboxylic acids is 3. The van der Waals surface area contributed by atoms with Crippen molar-refractivity contribution < 1.29 is 14.4 Å². The van der Waals surface area contributed by atoms with Crippen LogP contribution in [0.1, 0.15) is 24.8 Å². The number of hydrogen-bond donors (Lipinski definition) is 0. The van der Waals surface area contributed by atoms with Crippen molar-refractivity contribution in [2.45, 2.75) is 24.8 Å². The molecule has 0 aliphatic carbocycles. The Hall–Kier alpha value is -1.89. The Labute approximate surface area is 180 Å². The second-order valence-corrected chi connectivity index (χ2v) is 8.84. The van der Waals surface area contributed by atoms with Gasteiger partial charge < -0.3 is 4.90 Å². The largest absolute Gasteiger partial charge is 0.332 e. The lowest BCUT2D eigenvalue weighted by molar-refractivity contribution is -0.126. The van der Waals surface area contributed by atoms with Crippen LogP contribution < -0.4 is 4.90 Å². The molecule has 0 bridgehead atoms. The first-order valence-electron chi connectivity index (χ1n) is 8.63. The second-order valence-electron chi connectivity index (χ2n) is 7.05. The summed E-state index contributed by atoms with van der Waals surface area (Å²) in [6.07, 6.45) is -0.0143. The number of Topliss-reactive ketones (excluding diaryl/α,β-unsaturated/α-hetero) is 1. The normalized spacial score (nSPS) is 22.8. The van der Waals surface area contributed by atoms with Crippen LogP contribution in [-0.2, 0) is 9.59 Å². The summed E-state index contributed by atoms with van der Waals surface area (Å²) in [4.78, 5) is 41.5. The zero-order valence-electron chi connectivity index (χ0n) is 14.8. The second kappa shape index (κ2) is 6.87. The van der Waals surface area contributed by atoms with Crippen LogP contribution in [0.5, 0.6) is 0 Å². The number of imide groups is 1. The summed E-state index contributed by atoms with van der Waals surface area (Å²) in [7, 11) is 0. The number of rotatable bonds is 3. The molecule has 4 rings (SSSR count). The fraction of sp³-hybridized carbons (Fsp3) is 0.250. The summed E-state index contributed by atoms with van der Waals surface area (Å²) < 4.78 is 0.907. The maximum absolute atomic E-state index is 13.6. The van der Waals surface area contributed by atoms with E-state index in [-0.39, 0.29) is 24.7 Å². The van der Waals surface area contributed by atoms with Gasteiger partial charge in [-0.3, -0.25) is 9.59 Å². The van der Waals surface area contributed by atoms with Gasteiger partial charge in [0.25, 0.3) is 5.91 Å². The van der Waals surface area contributed by atoms with Gasteiger partial charge in [-0.25, -0.2) is 9.69 Å². The fourth-order valence-electron chi connectivity index (χ4n) is 4.10. The molecule has 144 valence electrons. The number of urea groups is 1. The van der Waals surface area contributed by atoms with Crippen LogP contribution in [0.25, 0.3) is 0 Å². The number of amides is 3.